The van der Waals surface area contributed by atoms with Crippen molar-refractivity contribution in [1.82, 2.24) is 9.80 Å². The topological polar surface area (TPSA) is 6.48 Å². The molecule has 0 spiro atoms. The molecule has 0 aliphatic carbocycles. The molecule has 0 aromatic rings. The molecule has 0 N–H and O–H groups in total. The van der Waals surface area contributed by atoms with E-state index in [-0.39, 0.29) is 0 Å². The molecule has 16 heavy (non-hydrogen) atoms. The first-order chi connectivity index (χ1) is 7.60. The summed E-state index contributed by atoms with van der Waals surface area (Å²) in [6, 6.07) is 0. The zero-order valence-electron chi connectivity index (χ0n) is 12.7. The van der Waals surface area contributed by atoms with E-state index in [2.05, 4.69) is 44.7 Å². The van der Waals surface area contributed by atoms with Crippen LogP contribution in [0.25, 0.3) is 0 Å². The molecule has 0 radical (unpaired) electrons. The van der Waals surface area contributed by atoms with Crippen LogP contribution < -0.4 is 0 Å². The molecule has 0 fully saturated rings. The highest BCUT2D eigenvalue weighted by atomic mass is 15.1. The van der Waals surface area contributed by atoms with Gasteiger partial charge in [0.15, 0.2) is 0 Å². The summed E-state index contributed by atoms with van der Waals surface area (Å²) in [6.07, 6.45) is 2.52. The SMILES string of the molecule is CC.CCCN(C)CC(C)CN(C)CCC. The molecular weight excluding hydrogens is 196 g/mol. The Bertz CT molecular complexity index is 112. The number of hydrogen-bond acceptors (Lipinski definition) is 2. The molecule has 0 aromatic heterocycles. The maximum atomic E-state index is 2.43. The normalized spacial score (nSPS) is 10.9. The molecule has 0 amide bonds. The van der Waals surface area contributed by atoms with Crippen LogP contribution in [0.3, 0.4) is 0 Å². The van der Waals surface area contributed by atoms with Crippen molar-refractivity contribution in [2.45, 2.75) is 47.5 Å². The second-order valence-electron chi connectivity index (χ2n) is 4.63. The van der Waals surface area contributed by atoms with E-state index in [4.69, 9.17) is 0 Å². The second kappa shape index (κ2) is 13.0. The first-order valence-corrected chi connectivity index (χ1v) is 6.97. The van der Waals surface area contributed by atoms with Gasteiger partial charge < -0.3 is 9.80 Å². The highest BCUT2D eigenvalue weighted by molar-refractivity contribution is 4.62. The molecule has 2 nitrogen and oxygen atoms in total. The van der Waals surface area contributed by atoms with Gasteiger partial charge >= 0.3 is 0 Å². The van der Waals surface area contributed by atoms with E-state index < -0.39 is 0 Å². The van der Waals surface area contributed by atoms with Crippen molar-refractivity contribution < 1.29 is 0 Å². The van der Waals surface area contributed by atoms with Crippen LogP contribution in [0.1, 0.15) is 47.5 Å². The summed E-state index contributed by atoms with van der Waals surface area (Å²) in [5, 5.41) is 0. The number of nitrogens with zero attached hydrogens (tertiary/aromatic N) is 2. The standard InChI is InChI=1S/C12H28N2.C2H6/c1-6-8-13(4)10-12(3)11-14(5)9-7-2;1-2/h12H,6-11H2,1-5H3;1-2H3. The minimum absolute atomic E-state index is 0.781. The summed E-state index contributed by atoms with van der Waals surface area (Å²) in [7, 11) is 4.44. The molecule has 0 aliphatic rings. The van der Waals surface area contributed by atoms with Gasteiger partial charge in [-0.15, -0.1) is 0 Å². The van der Waals surface area contributed by atoms with E-state index in [1.807, 2.05) is 13.8 Å². The monoisotopic (exact) mass is 230 g/mol. The minimum Gasteiger partial charge on any atom is -0.306 e. The molecule has 0 heterocycles. The van der Waals surface area contributed by atoms with E-state index in [1.165, 1.54) is 39.0 Å². The van der Waals surface area contributed by atoms with Crippen LogP contribution in [0.2, 0.25) is 0 Å². The van der Waals surface area contributed by atoms with Gasteiger partial charge in [-0.05, 0) is 45.9 Å². The Morgan fingerprint density at radius 2 is 1.12 bits per heavy atom. The maximum absolute atomic E-state index is 2.43. The third-order valence-electron chi connectivity index (χ3n) is 2.46. The number of rotatable bonds is 8. The van der Waals surface area contributed by atoms with Gasteiger partial charge in [0.25, 0.3) is 0 Å². The van der Waals surface area contributed by atoms with Gasteiger partial charge in [0.05, 0.1) is 0 Å². The minimum atomic E-state index is 0.781. The molecule has 0 saturated carbocycles. The molecule has 0 aromatic carbocycles. The van der Waals surface area contributed by atoms with Gasteiger partial charge in [0, 0.05) is 13.1 Å². The zero-order chi connectivity index (χ0) is 13.0. The van der Waals surface area contributed by atoms with Gasteiger partial charge in [0.2, 0.25) is 0 Å². The van der Waals surface area contributed by atoms with Gasteiger partial charge in [-0.2, -0.15) is 0 Å². The summed E-state index contributed by atoms with van der Waals surface area (Å²) in [5.41, 5.74) is 0. The predicted molar refractivity (Wildman–Crippen MR) is 76.1 cm³/mol. The van der Waals surface area contributed by atoms with E-state index in [1.54, 1.807) is 0 Å². The molecule has 2 heteroatoms. The van der Waals surface area contributed by atoms with Crippen molar-refractivity contribution in [2.75, 3.05) is 40.3 Å². The van der Waals surface area contributed by atoms with Crippen molar-refractivity contribution in [3.05, 3.63) is 0 Å². The second-order valence-corrected chi connectivity index (χ2v) is 4.63. The van der Waals surface area contributed by atoms with Gasteiger partial charge in [0.1, 0.15) is 0 Å². The van der Waals surface area contributed by atoms with Crippen LogP contribution in [-0.2, 0) is 0 Å². The van der Waals surface area contributed by atoms with Crippen molar-refractivity contribution in [1.29, 1.82) is 0 Å². The molecule has 0 aliphatic heterocycles. The average molecular weight is 230 g/mol. The number of hydrogen-bond donors (Lipinski definition) is 0. The Morgan fingerprint density at radius 1 is 0.812 bits per heavy atom. The van der Waals surface area contributed by atoms with Crippen molar-refractivity contribution in [3.63, 3.8) is 0 Å². The maximum Gasteiger partial charge on any atom is 0.00162 e. The summed E-state index contributed by atoms with van der Waals surface area (Å²) < 4.78 is 0. The Morgan fingerprint density at radius 3 is 1.38 bits per heavy atom. The summed E-state index contributed by atoms with van der Waals surface area (Å²) in [4.78, 5) is 4.87. The van der Waals surface area contributed by atoms with E-state index in [0.717, 1.165) is 5.92 Å². The third-order valence-corrected chi connectivity index (χ3v) is 2.46. The first kappa shape index (κ1) is 18.3. The fourth-order valence-corrected chi connectivity index (χ4v) is 2.07. The quantitative estimate of drug-likeness (QED) is 0.631. The van der Waals surface area contributed by atoms with E-state index in [9.17, 15) is 0 Å². The lowest BCUT2D eigenvalue weighted by atomic mass is 10.1. The molecule has 0 atom stereocenters. The lowest BCUT2D eigenvalue weighted by Crippen LogP contribution is -2.32. The van der Waals surface area contributed by atoms with E-state index in [0.29, 0.717) is 0 Å². The van der Waals surface area contributed by atoms with Crippen LogP contribution in [0, 0.1) is 5.92 Å². The lowest BCUT2D eigenvalue weighted by Gasteiger charge is -2.25. The lowest BCUT2D eigenvalue weighted by molar-refractivity contribution is 0.226. The Balaban J connectivity index is 0. The molecule has 0 saturated heterocycles. The largest absolute Gasteiger partial charge is 0.306 e. The Labute approximate surface area is 104 Å². The fraction of sp³-hybridized carbons (Fsp3) is 1.00. The molecule has 0 unspecified atom stereocenters. The third kappa shape index (κ3) is 12.0. The summed E-state index contributed by atoms with van der Waals surface area (Å²) in [5.74, 6) is 0.781. The molecule has 0 bridgehead atoms. The van der Waals surface area contributed by atoms with Gasteiger partial charge in [-0.3, -0.25) is 0 Å². The molecule has 0 rings (SSSR count). The smallest absolute Gasteiger partial charge is 0.00162 e. The summed E-state index contributed by atoms with van der Waals surface area (Å²) >= 11 is 0. The Kier molecular flexibility index (Phi) is 14.8. The predicted octanol–water partition coefficient (Wildman–Crippen LogP) is 3.33. The molecular formula is C14H34N2. The first-order valence-electron chi connectivity index (χ1n) is 6.97. The van der Waals surface area contributed by atoms with Crippen molar-refractivity contribution in [2.24, 2.45) is 5.92 Å². The van der Waals surface area contributed by atoms with Crippen LogP contribution >= 0.6 is 0 Å². The Hall–Kier alpha value is -0.0800. The average Bonchev–Trinajstić information content (AvgIpc) is 2.20. The van der Waals surface area contributed by atoms with Gasteiger partial charge in [-0.25, -0.2) is 0 Å². The summed E-state index contributed by atoms with van der Waals surface area (Å²) in [6.45, 7) is 15.7. The van der Waals surface area contributed by atoms with Gasteiger partial charge in [-0.1, -0.05) is 34.6 Å². The van der Waals surface area contributed by atoms with E-state index >= 15 is 0 Å². The highest BCUT2D eigenvalue weighted by Crippen LogP contribution is 2.01. The van der Waals surface area contributed by atoms with Crippen LogP contribution in [0.4, 0.5) is 0 Å². The van der Waals surface area contributed by atoms with Crippen LogP contribution in [-0.4, -0.2) is 50.1 Å². The van der Waals surface area contributed by atoms with Crippen molar-refractivity contribution in [3.8, 4) is 0 Å². The fourth-order valence-electron chi connectivity index (χ4n) is 2.07. The van der Waals surface area contributed by atoms with Crippen molar-refractivity contribution >= 4 is 0 Å². The highest BCUT2D eigenvalue weighted by Gasteiger charge is 2.08. The van der Waals surface area contributed by atoms with Crippen LogP contribution in [0.5, 0.6) is 0 Å². The zero-order valence-corrected chi connectivity index (χ0v) is 12.7. The van der Waals surface area contributed by atoms with Crippen LogP contribution in [0.15, 0.2) is 0 Å². The molecule has 100 valence electrons.